The summed E-state index contributed by atoms with van der Waals surface area (Å²) in [5.41, 5.74) is 5.00. The molecule has 5 atom stereocenters. The van der Waals surface area contributed by atoms with Crippen molar-refractivity contribution in [1.82, 2.24) is 10.2 Å². The summed E-state index contributed by atoms with van der Waals surface area (Å²) in [4.78, 5) is 54.4. The van der Waals surface area contributed by atoms with Gasteiger partial charge in [0.25, 0.3) is 5.91 Å². The Labute approximate surface area is 306 Å². The van der Waals surface area contributed by atoms with Gasteiger partial charge in [-0.15, -0.1) is 0 Å². The highest BCUT2D eigenvalue weighted by molar-refractivity contribution is 6.24. The molecule has 0 radical (unpaired) electrons. The topological polar surface area (TPSA) is 209 Å². The Hall–Kier alpha value is -5.50. The van der Waals surface area contributed by atoms with Crippen LogP contribution in [-0.4, -0.2) is 94.3 Å². The fourth-order valence-electron chi connectivity index (χ4n) is 8.14. The zero-order valence-electron chi connectivity index (χ0n) is 29.9. The van der Waals surface area contributed by atoms with Gasteiger partial charge in [-0.05, 0) is 86.7 Å². The molecule has 3 aromatic carbocycles. The van der Waals surface area contributed by atoms with Crippen LogP contribution in [0.1, 0.15) is 35.6 Å². The van der Waals surface area contributed by atoms with E-state index < -0.39 is 64.1 Å². The van der Waals surface area contributed by atoms with E-state index in [0.717, 1.165) is 11.1 Å². The number of likely N-dealkylation sites (N-methyl/N-ethyl adjacent to an activating group) is 1. The first-order valence-electron chi connectivity index (χ1n) is 17.3. The van der Waals surface area contributed by atoms with Gasteiger partial charge in [0.1, 0.15) is 34.6 Å². The van der Waals surface area contributed by atoms with Gasteiger partial charge >= 0.3 is 5.97 Å². The number of nitrogens with zero attached hydrogens (tertiary/aromatic N) is 1. The van der Waals surface area contributed by atoms with Crippen LogP contribution in [0.4, 0.5) is 0 Å². The summed E-state index contributed by atoms with van der Waals surface area (Å²) in [6, 6.07) is 16.3. The number of Topliss-reactive ketones (excluding diaryl/α,β-unsaturated/α-hetero) is 2. The summed E-state index contributed by atoms with van der Waals surface area (Å²) in [6.45, 7) is 2.27. The predicted octanol–water partition coefficient (Wildman–Crippen LogP) is 2.90. The van der Waals surface area contributed by atoms with E-state index in [9.17, 15) is 39.6 Å². The average Bonchev–Trinajstić information content (AvgIpc) is 3.12. The number of aliphatic hydroxyl groups excluding tert-OH is 2. The van der Waals surface area contributed by atoms with Crippen LogP contribution in [0.5, 0.6) is 11.5 Å². The second kappa shape index (κ2) is 14.5. The lowest BCUT2D eigenvalue weighted by Gasteiger charge is -2.50. The molecule has 13 heteroatoms. The number of fused-ring (bicyclic) bond motifs is 3. The second-order valence-corrected chi connectivity index (χ2v) is 13.9. The number of nitrogens with one attached hydrogen (secondary N) is 1. The zero-order valence-corrected chi connectivity index (χ0v) is 29.9. The fourth-order valence-corrected chi connectivity index (χ4v) is 8.14. The monoisotopic (exact) mass is 725 g/mol. The van der Waals surface area contributed by atoms with Crippen LogP contribution >= 0.6 is 0 Å². The summed E-state index contributed by atoms with van der Waals surface area (Å²) < 4.78 is 11.1. The molecule has 3 aliphatic rings. The number of carbonyl (C=O) groups excluding carboxylic acids is 4. The first-order valence-corrected chi connectivity index (χ1v) is 17.3. The van der Waals surface area contributed by atoms with Gasteiger partial charge in [-0.3, -0.25) is 24.1 Å². The van der Waals surface area contributed by atoms with Crippen molar-refractivity contribution in [3.63, 3.8) is 0 Å². The number of amides is 1. The van der Waals surface area contributed by atoms with E-state index >= 15 is 0 Å². The fraction of sp³-hybridized carbons (Fsp3) is 0.350. The quantitative estimate of drug-likeness (QED) is 0.125. The number of methoxy groups -OCH3 is 1. The van der Waals surface area contributed by atoms with E-state index in [1.54, 1.807) is 33.2 Å². The molecule has 0 saturated heterocycles. The number of aliphatic hydroxyl groups is 3. The molecule has 1 unspecified atom stereocenters. The molecule has 6 rings (SSSR count). The van der Waals surface area contributed by atoms with Crippen LogP contribution in [-0.2, 0) is 43.3 Å². The van der Waals surface area contributed by atoms with Crippen molar-refractivity contribution < 1.29 is 49.1 Å². The third-order valence-corrected chi connectivity index (χ3v) is 10.6. The number of phenolic OH excluding ortho intramolecular Hbond substituents is 1. The van der Waals surface area contributed by atoms with Crippen molar-refractivity contribution in [1.29, 1.82) is 0 Å². The minimum Gasteiger partial charge on any atom is -0.508 e. The molecule has 13 nitrogen and oxygen atoms in total. The second-order valence-electron chi connectivity index (χ2n) is 13.9. The number of hydrogen-bond donors (Lipinski definition) is 6. The normalized spacial score (nSPS) is 22.9. The van der Waals surface area contributed by atoms with Gasteiger partial charge in [0, 0.05) is 23.6 Å². The maximum atomic E-state index is 14.2. The molecule has 0 bridgehead atoms. The highest BCUT2D eigenvalue weighted by Crippen LogP contribution is 2.54. The zero-order chi connectivity index (χ0) is 38.4. The number of rotatable bonds is 11. The van der Waals surface area contributed by atoms with Crippen molar-refractivity contribution in [3.8, 4) is 22.6 Å². The number of carbonyl (C=O) groups is 4. The molecular weight excluding hydrogens is 682 g/mol. The predicted molar refractivity (Wildman–Crippen MR) is 194 cm³/mol. The lowest BCUT2D eigenvalue weighted by Crippen LogP contribution is -2.65. The molecule has 0 aliphatic heterocycles. The first-order chi connectivity index (χ1) is 25.2. The van der Waals surface area contributed by atoms with E-state index in [2.05, 4.69) is 5.32 Å². The van der Waals surface area contributed by atoms with Crippen LogP contribution < -0.4 is 15.8 Å². The van der Waals surface area contributed by atoms with E-state index in [4.69, 9.17) is 15.2 Å². The van der Waals surface area contributed by atoms with Crippen molar-refractivity contribution in [3.05, 3.63) is 99.8 Å². The molecule has 3 aliphatic carbocycles. The number of ether oxygens (including phenoxy) is 2. The molecule has 7 N–H and O–H groups in total. The minimum atomic E-state index is -2.73. The van der Waals surface area contributed by atoms with Gasteiger partial charge in [0.05, 0.1) is 25.3 Å². The van der Waals surface area contributed by atoms with Crippen molar-refractivity contribution in [2.75, 3.05) is 27.8 Å². The van der Waals surface area contributed by atoms with Crippen molar-refractivity contribution in [2.45, 2.75) is 50.4 Å². The van der Waals surface area contributed by atoms with Crippen LogP contribution in [0.25, 0.3) is 16.9 Å². The summed E-state index contributed by atoms with van der Waals surface area (Å²) in [6.07, 6.45) is 0.473. The maximum absolute atomic E-state index is 14.2. The largest absolute Gasteiger partial charge is 0.508 e. The molecule has 0 aromatic heterocycles. The number of phenols is 1. The Kier molecular flexibility index (Phi) is 10.2. The number of nitrogens with two attached hydrogens (primary N) is 1. The number of hydrogen-bond acceptors (Lipinski definition) is 12. The van der Waals surface area contributed by atoms with Gasteiger partial charge in [-0.1, -0.05) is 42.5 Å². The third kappa shape index (κ3) is 6.34. The summed E-state index contributed by atoms with van der Waals surface area (Å²) in [5.74, 6) is -7.11. The standard InChI is InChI=1S/C40H43N3O10/c1-5-53-39(50)27(16-20-9-7-6-8-10-20)42-19-21-11-14-29(52-4)24(15-21)23-12-13-28(44)31-25(23)17-22-18-26-33(43(2)3)35(46)32(38(41)49)37(48)40(26,51)36(47)30(22)34(31)45/h6-15,22,26-27,33,42,44-45,48,51H,5,16-19H2,1-4H3,(H2,41,49)/t22-,26+,27?,33+,40-/m0/s1. The highest BCUT2D eigenvalue weighted by Gasteiger charge is 2.64. The molecule has 0 heterocycles. The van der Waals surface area contributed by atoms with Crippen LogP contribution in [0.2, 0.25) is 0 Å². The van der Waals surface area contributed by atoms with Crippen molar-refractivity contribution >= 4 is 29.2 Å². The third-order valence-electron chi connectivity index (χ3n) is 10.6. The minimum absolute atomic E-state index is 0.0328. The maximum Gasteiger partial charge on any atom is 0.323 e. The SMILES string of the molecule is CCOC(=O)C(Cc1ccccc1)NCc1ccc(OC)c(-c2ccc(O)c3c2C[C@H]2C[C@@H]4[C@@H](N(C)C)C(=O)C(C(N)=O)=C(O)[C@@]4(O)C(=O)C2=C3O)c1. The number of benzene rings is 3. The highest BCUT2D eigenvalue weighted by atomic mass is 16.5. The summed E-state index contributed by atoms with van der Waals surface area (Å²) in [5, 5.41) is 49.2. The Morgan fingerprint density at radius 2 is 1.74 bits per heavy atom. The van der Waals surface area contributed by atoms with Gasteiger partial charge in [0.2, 0.25) is 5.78 Å². The lowest BCUT2D eigenvalue weighted by molar-refractivity contribution is -0.153. The van der Waals surface area contributed by atoms with Crippen LogP contribution in [0.15, 0.2) is 77.6 Å². The first kappa shape index (κ1) is 37.3. The van der Waals surface area contributed by atoms with Gasteiger partial charge in [-0.25, -0.2) is 0 Å². The average molecular weight is 726 g/mol. The van der Waals surface area contributed by atoms with Crippen LogP contribution in [0, 0.1) is 11.8 Å². The van der Waals surface area contributed by atoms with Gasteiger partial charge in [0.15, 0.2) is 11.4 Å². The molecule has 1 fully saturated rings. The van der Waals surface area contributed by atoms with E-state index in [1.165, 1.54) is 18.1 Å². The summed E-state index contributed by atoms with van der Waals surface area (Å²) >= 11 is 0. The lowest BCUT2D eigenvalue weighted by atomic mass is 9.57. The molecule has 53 heavy (non-hydrogen) atoms. The molecule has 0 spiro atoms. The molecule has 1 amide bonds. The number of esters is 1. The Morgan fingerprint density at radius 3 is 2.38 bits per heavy atom. The van der Waals surface area contributed by atoms with Gasteiger partial charge < -0.3 is 41.0 Å². The molecule has 3 aromatic rings. The molecule has 1 saturated carbocycles. The number of primary amides is 1. The number of ketones is 2. The Balaban J connectivity index is 1.41. The van der Waals surface area contributed by atoms with Gasteiger partial charge in [-0.2, -0.15) is 0 Å². The van der Waals surface area contributed by atoms with Crippen molar-refractivity contribution in [2.24, 2.45) is 17.6 Å². The molecule has 278 valence electrons. The van der Waals surface area contributed by atoms with E-state index in [0.29, 0.717) is 28.9 Å². The summed E-state index contributed by atoms with van der Waals surface area (Å²) in [7, 11) is 4.61. The Bertz CT molecular complexity index is 2060. The van der Waals surface area contributed by atoms with E-state index in [1.807, 2.05) is 42.5 Å². The molecular formula is C40H43N3O10. The van der Waals surface area contributed by atoms with Crippen LogP contribution in [0.3, 0.4) is 0 Å². The Morgan fingerprint density at radius 1 is 1.02 bits per heavy atom. The number of aromatic hydroxyl groups is 1. The van der Waals surface area contributed by atoms with E-state index in [-0.39, 0.29) is 48.8 Å². The smallest absolute Gasteiger partial charge is 0.323 e.